The third-order valence-electron chi connectivity index (χ3n) is 3.70. The van der Waals surface area contributed by atoms with Crippen LogP contribution in [-0.4, -0.2) is 39.2 Å². The van der Waals surface area contributed by atoms with Crippen LogP contribution in [0, 0.1) is 5.82 Å². The molecular formula is C19H20FNO5. The summed E-state index contributed by atoms with van der Waals surface area (Å²) in [6, 6.07) is 10.1. The van der Waals surface area contributed by atoms with E-state index in [0.717, 1.165) is 0 Å². The topological polar surface area (TPSA) is 65.1 Å². The zero-order chi connectivity index (χ0) is 19.1. The van der Waals surface area contributed by atoms with Gasteiger partial charge in [-0.25, -0.2) is 9.18 Å². The fraction of sp³-hybridized carbons (Fsp3) is 0.263. The molecule has 0 spiro atoms. The van der Waals surface area contributed by atoms with E-state index >= 15 is 0 Å². The summed E-state index contributed by atoms with van der Waals surface area (Å²) >= 11 is 0. The lowest BCUT2D eigenvalue weighted by Crippen LogP contribution is -2.34. The van der Waals surface area contributed by atoms with Gasteiger partial charge in [-0.05, 0) is 49.4 Å². The van der Waals surface area contributed by atoms with Crippen molar-refractivity contribution in [2.75, 3.05) is 32.3 Å². The molecule has 0 unspecified atom stereocenters. The van der Waals surface area contributed by atoms with Gasteiger partial charge in [-0.1, -0.05) is 0 Å². The summed E-state index contributed by atoms with van der Waals surface area (Å²) < 4.78 is 28.4. The maximum Gasteiger partial charge on any atom is 0.338 e. The number of likely N-dealkylation sites (N-methyl/N-ethyl adjacent to an activating group) is 1. The van der Waals surface area contributed by atoms with E-state index in [2.05, 4.69) is 0 Å². The summed E-state index contributed by atoms with van der Waals surface area (Å²) in [5.74, 6) is -0.595. The van der Waals surface area contributed by atoms with E-state index in [9.17, 15) is 14.0 Å². The average Bonchev–Trinajstić information content (AvgIpc) is 2.67. The quantitative estimate of drug-likeness (QED) is 0.709. The van der Waals surface area contributed by atoms with E-state index in [4.69, 9.17) is 14.2 Å². The molecule has 0 atom stereocenters. The van der Waals surface area contributed by atoms with Gasteiger partial charge in [-0.2, -0.15) is 0 Å². The normalized spacial score (nSPS) is 10.2. The Morgan fingerprint density at radius 1 is 1.00 bits per heavy atom. The third-order valence-corrected chi connectivity index (χ3v) is 3.70. The number of amides is 1. The number of ether oxygens (including phenoxy) is 3. The second kappa shape index (κ2) is 8.84. The summed E-state index contributed by atoms with van der Waals surface area (Å²) in [6.45, 7) is 1.70. The lowest BCUT2D eigenvalue weighted by molar-refractivity contribution is -0.121. The van der Waals surface area contributed by atoms with Crippen molar-refractivity contribution < 1.29 is 28.2 Å². The van der Waals surface area contributed by atoms with E-state index in [-0.39, 0.29) is 5.56 Å². The fourth-order valence-electron chi connectivity index (χ4n) is 2.38. The summed E-state index contributed by atoms with van der Waals surface area (Å²) in [4.78, 5) is 25.9. The molecule has 7 heteroatoms. The molecule has 0 aliphatic heterocycles. The molecule has 0 radical (unpaired) electrons. The highest BCUT2D eigenvalue weighted by atomic mass is 19.1. The minimum Gasteiger partial charge on any atom is -0.493 e. The molecule has 2 aromatic carbocycles. The highest BCUT2D eigenvalue weighted by Crippen LogP contribution is 2.27. The van der Waals surface area contributed by atoms with Crippen LogP contribution in [-0.2, 0) is 9.53 Å². The van der Waals surface area contributed by atoms with Gasteiger partial charge >= 0.3 is 5.97 Å². The number of hydrogen-bond acceptors (Lipinski definition) is 5. The summed E-state index contributed by atoms with van der Waals surface area (Å²) in [7, 11) is 2.95. The van der Waals surface area contributed by atoms with Gasteiger partial charge in [0.15, 0.2) is 18.1 Å². The van der Waals surface area contributed by atoms with Crippen molar-refractivity contribution in [2.45, 2.75) is 6.92 Å². The van der Waals surface area contributed by atoms with Gasteiger partial charge in [-0.3, -0.25) is 4.79 Å². The molecule has 0 saturated carbocycles. The van der Waals surface area contributed by atoms with Crippen LogP contribution >= 0.6 is 0 Å². The predicted octanol–water partition coefficient (Wildman–Crippen LogP) is 3.05. The zero-order valence-corrected chi connectivity index (χ0v) is 14.8. The Morgan fingerprint density at radius 3 is 2.23 bits per heavy atom. The van der Waals surface area contributed by atoms with Gasteiger partial charge in [-0.15, -0.1) is 0 Å². The molecular weight excluding hydrogens is 341 g/mol. The Labute approximate surface area is 151 Å². The first-order valence-corrected chi connectivity index (χ1v) is 7.95. The third kappa shape index (κ3) is 4.50. The van der Waals surface area contributed by atoms with Crippen LogP contribution < -0.4 is 14.4 Å². The van der Waals surface area contributed by atoms with Crippen LogP contribution in [0.1, 0.15) is 17.3 Å². The van der Waals surface area contributed by atoms with E-state index in [1.54, 1.807) is 13.0 Å². The minimum absolute atomic E-state index is 0.236. The van der Waals surface area contributed by atoms with Crippen LogP contribution in [0.3, 0.4) is 0 Å². The van der Waals surface area contributed by atoms with Gasteiger partial charge in [0.1, 0.15) is 5.82 Å². The summed E-state index contributed by atoms with van der Waals surface area (Å²) in [5, 5.41) is 0. The zero-order valence-electron chi connectivity index (χ0n) is 14.8. The highest BCUT2D eigenvalue weighted by molar-refractivity contribution is 5.97. The summed E-state index contributed by atoms with van der Waals surface area (Å²) in [5.41, 5.74) is 0.765. The molecule has 0 fully saturated rings. The molecule has 138 valence electrons. The molecule has 0 saturated heterocycles. The number of carbonyl (C=O) groups is 2. The van der Waals surface area contributed by atoms with E-state index in [1.165, 1.54) is 55.5 Å². The van der Waals surface area contributed by atoms with Crippen LogP contribution in [0.25, 0.3) is 0 Å². The molecule has 1 amide bonds. The minimum atomic E-state index is -0.658. The number of rotatable bonds is 7. The molecule has 2 rings (SSSR count). The van der Waals surface area contributed by atoms with Crippen LogP contribution in [0.15, 0.2) is 42.5 Å². The van der Waals surface area contributed by atoms with Gasteiger partial charge < -0.3 is 19.1 Å². The Bertz CT molecular complexity index is 776. The van der Waals surface area contributed by atoms with Crippen molar-refractivity contribution >= 4 is 17.6 Å². The lowest BCUT2D eigenvalue weighted by Gasteiger charge is -2.20. The van der Waals surface area contributed by atoms with Crippen molar-refractivity contribution in [1.29, 1.82) is 0 Å². The summed E-state index contributed by atoms with van der Waals surface area (Å²) in [6.07, 6.45) is 0. The average molecular weight is 361 g/mol. The van der Waals surface area contributed by atoms with Crippen LogP contribution in [0.4, 0.5) is 10.1 Å². The Hall–Kier alpha value is -3.09. The van der Waals surface area contributed by atoms with Crippen molar-refractivity contribution in [3.63, 3.8) is 0 Å². The van der Waals surface area contributed by atoms with Crippen molar-refractivity contribution in [1.82, 2.24) is 0 Å². The van der Waals surface area contributed by atoms with Crippen molar-refractivity contribution in [2.24, 2.45) is 0 Å². The van der Waals surface area contributed by atoms with Crippen molar-refractivity contribution in [3.05, 3.63) is 53.8 Å². The number of hydrogen-bond donors (Lipinski definition) is 0. The second-order valence-electron chi connectivity index (χ2n) is 5.26. The number of halogens is 1. The first kappa shape index (κ1) is 19.2. The molecule has 0 aliphatic rings. The highest BCUT2D eigenvalue weighted by Gasteiger charge is 2.18. The predicted molar refractivity (Wildman–Crippen MR) is 94.3 cm³/mol. The first-order chi connectivity index (χ1) is 12.5. The number of benzene rings is 2. The van der Waals surface area contributed by atoms with E-state index < -0.39 is 24.3 Å². The van der Waals surface area contributed by atoms with Gasteiger partial charge in [0.2, 0.25) is 0 Å². The number of carbonyl (C=O) groups excluding carboxylic acids is 2. The maximum atomic E-state index is 13.0. The molecule has 6 nitrogen and oxygen atoms in total. The number of methoxy groups -OCH3 is 2. The first-order valence-electron chi connectivity index (χ1n) is 7.95. The van der Waals surface area contributed by atoms with Crippen LogP contribution in [0.5, 0.6) is 11.5 Å². The number of esters is 1. The second-order valence-corrected chi connectivity index (χ2v) is 5.26. The molecule has 0 aromatic heterocycles. The van der Waals surface area contributed by atoms with Crippen LogP contribution in [0.2, 0.25) is 0 Å². The van der Waals surface area contributed by atoms with E-state index in [1.807, 2.05) is 0 Å². The Balaban J connectivity index is 2.03. The lowest BCUT2D eigenvalue weighted by atomic mass is 10.2. The van der Waals surface area contributed by atoms with Crippen molar-refractivity contribution in [3.8, 4) is 11.5 Å². The Kier molecular flexibility index (Phi) is 6.54. The monoisotopic (exact) mass is 361 g/mol. The molecule has 0 heterocycles. The van der Waals surface area contributed by atoms with Gasteiger partial charge in [0.05, 0.1) is 19.8 Å². The molecule has 2 aromatic rings. The molecule has 0 N–H and O–H groups in total. The van der Waals surface area contributed by atoms with Gasteiger partial charge in [0.25, 0.3) is 5.91 Å². The largest absolute Gasteiger partial charge is 0.493 e. The SMILES string of the molecule is CCN(C(=O)COC(=O)c1ccc(OC)c(OC)c1)c1ccc(F)cc1. The molecule has 0 aliphatic carbocycles. The van der Waals surface area contributed by atoms with E-state index in [0.29, 0.717) is 23.7 Å². The number of nitrogens with zero attached hydrogens (tertiary/aromatic N) is 1. The smallest absolute Gasteiger partial charge is 0.338 e. The molecule has 0 bridgehead atoms. The Morgan fingerprint density at radius 2 is 1.65 bits per heavy atom. The maximum absolute atomic E-state index is 13.0. The van der Waals surface area contributed by atoms with Gasteiger partial charge in [0, 0.05) is 12.2 Å². The number of anilines is 1. The molecule has 26 heavy (non-hydrogen) atoms. The standard InChI is InChI=1S/C19H20FNO5/c1-4-21(15-8-6-14(20)7-9-15)18(22)12-26-19(23)13-5-10-16(24-2)17(11-13)25-3/h5-11H,4,12H2,1-3H3. The fourth-order valence-corrected chi connectivity index (χ4v) is 2.38.